The summed E-state index contributed by atoms with van der Waals surface area (Å²) < 4.78 is 37.2. The van der Waals surface area contributed by atoms with E-state index in [9.17, 15) is 13.2 Å². The summed E-state index contributed by atoms with van der Waals surface area (Å²) in [5, 5.41) is 2.86. The molecule has 0 aromatic heterocycles. The Bertz CT molecular complexity index is 1010. The number of para-hydroxylation sites is 1. The van der Waals surface area contributed by atoms with E-state index in [-0.39, 0.29) is 12.5 Å². The molecular weight excluding hydrogens is 404 g/mol. The average Bonchev–Trinajstić information content (AvgIpc) is 2.70. The maximum absolute atomic E-state index is 12.6. The Balaban J connectivity index is 1.60. The van der Waals surface area contributed by atoms with Crippen LogP contribution < -0.4 is 19.1 Å². The largest absolute Gasteiger partial charge is 0.494 e. The van der Waals surface area contributed by atoms with Gasteiger partial charge in [-0.3, -0.25) is 9.10 Å². The van der Waals surface area contributed by atoms with Crippen LogP contribution in [0.5, 0.6) is 11.5 Å². The molecule has 1 aliphatic rings. The molecule has 0 fully saturated rings. The maximum Gasteiger partial charge on any atom is 0.263 e. The first-order valence-electron chi connectivity index (χ1n) is 10.0. The molecule has 1 atom stereocenters. The molecule has 0 aliphatic carbocycles. The van der Waals surface area contributed by atoms with Gasteiger partial charge in [-0.2, -0.15) is 0 Å². The molecule has 2 aromatic rings. The van der Waals surface area contributed by atoms with Crippen molar-refractivity contribution in [2.75, 3.05) is 30.3 Å². The molecule has 0 saturated heterocycles. The Morgan fingerprint density at radius 2 is 2.03 bits per heavy atom. The van der Waals surface area contributed by atoms with E-state index >= 15 is 0 Å². The van der Waals surface area contributed by atoms with Crippen LogP contribution in [0.4, 0.5) is 5.69 Å². The zero-order chi connectivity index (χ0) is 21.7. The number of sulfonamides is 1. The van der Waals surface area contributed by atoms with Gasteiger partial charge in [-0.1, -0.05) is 24.3 Å². The number of nitrogens with one attached hydrogen (secondary N) is 1. The number of hydrogen-bond acceptors (Lipinski definition) is 5. The fourth-order valence-corrected chi connectivity index (χ4v) is 4.33. The molecule has 1 N–H and O–H groups in total. The first kappa shape index (κ1) is 22.0. The summed E-state index contributed by atoms with van der Waals surface area (Å²) in [6, 6.07) is 13.1. The summed E-state index contributed by atoms with van der Waals surface area (Å²) in [4.78, 5) is 12.6. The lowest BCUT2D eigenvalue weighted by atomic mass is 10.1. The van der Waals surface area contributed by atoms with Crippen LogP contribution in [0.15, 0.2) is 42.5 Å². The molecule has 7 nitrogen and oxygen atoms in total. The third-order valence-electron chi connectivity index (χ3n) is 4.87. The van der Waals surface area contributed by atoms with Crippen LogP contribution in [0.2, 0.25) is 0 Å². The van der Waals surface area contributed by atoms with Crippen molar-refractivity contribution in [3.8, 4) is 11.5 Å². The SMILES string of the molecule is CCOc1ccccc1CCCNC(=O)[C@@H]1CN(S(C)(=O)=O)c2cc(C)ccc2O1. The van der Waals surface area contributed by atoms with E-state index in [1.165, 1.54) is 4.31 Å². The van der Waals surface area contributed by atoms with Gasteiger partial charge in [-0.05, 0) is 56.0 Å². The highest BCUT2D eigenvalue weighted by Crippen LogP contribution is 2.35. The fraction of sp³-hybridized carbons (Fsp3) is 0.409. The van der Waals surface area contributed by atoms with Gasteiger partial charge in [0.05, 0.1) is 25.1 Å². The molecule has 0 unspecified atom stereocenters. The van der Waals surface area contributed by atoms with E-state index in [1.54, 1.807) is 12.1 Å². The highest BCUT2D eigenvalue weighted by Gasteiger charge is 2.34. The van der Waals surface area contributed by atoms with Crippen LogP contribution >= 0.6 is 0 Å². The quantitative estimate of drug-likeness (QED) is 0.649. The van der Waals surface area contributed by atoms with E-state index in [2.05, 4.69) is 5.32 Å². The fourth-order valence-electron chi connectivity index (χ4n) is 3.42. The summed E-state index contributed by atoms with van der Waals surface area (Å²) >= 11 is 0. The lowest BCUT2D eigenvalue weighted by molar-refractivity contribution is -0.127. The highest BCUT2D eigenvalue weighted by molar-refractivity contribution is 7.92. The van der Waals surface area contributed by atoms with Gasteiger partial charge in [0, 0.05) is 6.54 Å². The van der Waals surface area contributed by atoms with Crippen LogP contribution in [0.3, 0.4) is 0 Å². The number of carbonyl (C=O) groups is 1. The number of anilines is 1. The molecule has 0 radical (unpaired) electrons. The predicted molar refractivity (Wildman–Crippen MR) is 117 cm³/mol. The first-order valence-corrected chi connectivity index (χ1v) is 11.9. The molecule has 3 rings (SSSR count). The van der Waals surface area contributed by atoms with E-state index in [4.69, 9.17) is 9.47 Å². The Hall–Kier alpha value is -2.74. The standard InChI is InChI=1S/C22H28N2O5S/c1-4-28-19-10-6-5-8-17(19)9-7-13-23-22(25)21-15-24(30(3,26)27)18-14-16(2)11-12-20(18)29-21/h5-6,8,10-12,14,21H,4,7,9,13,15H2,1-3H3,(H,23,25)/t21-/m0/s1. The normalized spacial score (nSPS) is 15.8. The lowest BCUT2D eigenvalue weighted by Gasteiger charge is -2.34. The smallest absolute Gasteiger partial charge is 0.263 e. The number of amides is 1. The zero-order valence-corrected chi connectivity index (χ0v) is 18.4. The second kappa shape index (κ2) is 9.38. The Kier molecular flexibility index (Phi) is 6.87. The summed E-state index contributed by atoms with van der Waals surface area (Å²) in [7, 11) is -3.53. The summed E-state index contributed by atoms with van der Waals surface area (Å²) in [5.41, 5.74) is 2.48. The Labute approximate surface area is 178 Å². The van der Waals surface area contributed by atoms with E-state index in [0.29, 0.717) is 24.6 Å². The topological polar surface area (TPSA) is 84.9 Å². The van der Waals surface area contributed by atoms with Crippen molar-refractivity contribution >= 4 is 21.6 Å². The summed E-state index contributed by atoms with van der Waals surface area (Å²) in [6.07, 6.45) is 1.73. The highest BCUT2D eigenvalue weighted by atomic mass is 32.2. The van der Waals surface area contributed by atoms with Crippen molar-refractivity contribution in [2.45, 2.75) is 32.8 Å². The third kappa shape index (κ3) is 5.24. The van der Waals surface area contributed by atoms with E-state index in [1.807, 2.05) is 44.2 Å². The number of fused-ring (bicyclic) bond motifs is 1. The van der Waals surface area contributed by atoms with Crippen LogP contribution in [0, 0.1) is 6.92 Å². The molecule has 30 heavy (non-hydrogen) atoms. The van der Waals surface area contributed by atoms with Crippen LogP contribution in [0.1, 0.15) is 24.5 Å². The molecule has 8 heteroatoms. The summed E-state index contributed by atoms with van der Waals surface area (Å²) in [6.45, 7) is 4.83. The minimum atomic E-state index is -3.53. The van der Waals surface area contributed by atoms with Crippen molar-refractivity contribution in [1.29, 1.82) is 0 Å². The van der Waals surface area contributed by atoms with Crippen LogP contribution in [0.25, 0.3) is 0 Å². The molecule has 2 aromatic carbocycles. The van der Waals surface area contributed by atoms with Crippen molar-refractivity contribution < 1.29 is 22.7 Å². The van der Waals surface area contributed by atoms with Crippen LogP contribution in [-0.4, -0.2) is 46.4 Å². The number of benzene rings is 2. The van der Waals surface area contributed by atoms with Gasteiger partial charge >= 0.3 is 0 Å². The predicted octanol–water partition coefficient (Wildman–Crippen LogP) is 2.67. The second-order valence-electron chi connectivity index (χ2n) is 7.31. The summed E-state index contributed by atoms with van der Waals surface area (Å²) in [5.74, 6) is 0.925. The van der Waals surface area contributed by atoms with E-state index < -0.39 is 16.1 Å². The maximum atomic E-state index is 12.6. The molecule has 162 valence electrons. The van der Waals surface area contributed by atoms with Gasteiger partial charge in [-0.25, -0.2) is 8.42 Å². The zero-order valence-electron chi connectivity index (χ0n) is 17.6. The van der Waals surface area contributed by atoms with E-state index in [0.717, 1.165) is 36.0 Å². The number of nitrogens with zero attached hydrogens (tertiary/aromatic N) is 1. The van der Waals surface area contributed by atoms with Gasteiger partial charge < -0.3 is 14.8 Å². The average molecular weight is 433 g/mol. The number of carbonyl (C=O) groups excluding carboxylic acids is 1. The van der Waals surface area contributed by atoms with Gasteiger partial charge in [-0.15, -0.1) is 0 Å². The van der Waals surface area contributed by atoms with Gasteiger partial charge in [0.1, 0.15) is 11.5 Å². The molecule has 0 bridgehead atoms. The van der Waals surface area contributed by atoms with Crippen molar-refractivity contribution in [2.24, 2.45) is 0 Å². The minimum Gasteiger partial charge on any atom is -0.494 e. The second-order valence-corrected chi connectivity index (χ2v) is 9.21. The molecule has 0 spiro atoms. The molecular formula is C22H28N2O5S. The first-order chi connectivity index (χ1) is 14.3. The van der Waals surface area contributed by atoms with Gasteiger partial charge in [0.25, 0.3) is 5.91 Å². The molecule has 0 saturated carbocycles. The van der Waals surface area contributed by atoms with Crippen molar-refractivity contribution in [3.05, 3.63) is 53.6 Å². The number of hydrogen-bond donors (Lipinski definition) is 1. The monoisotopic (exact) mass is 432 g/mol. The Morgan fingerprint density at radius 1 is 1.27 bits per heavy atom. The van der Waals surface area contributed by atoms with Crippen molar-refractivity contribution in [3.63, 3.8) is 0 Å². The number of aryl methyl sites for hydroxylation is 2. The van der Waals surface area contributed by atoms with Crippen LogP contribution in [-0.2, 0) is 21.2 Å². The third-order valence-corrected chi connectivity index (χ3v) is 6.02. The number of rotatable bonds is 8. The van der Waals surface area contributed by atoms with Gasteiger partial charge in [0.2, 0.25) is 10.0 Å². The number of ether oxygens (including phenoxy) is 2. The van der Waals surface area contributed by atoms with Gasteiger partial charge in [0.15, 0.2) is 6.10 Å². The van der Waals surface area contributed by atoms with Crippen molar-refractivity contribution in [1.82, 2.24) is 5.32 Å². The molecule has 1 amide bonds. The molecule has 1 heterocycles. The minimum absolute atomic E-state index is 0.0473. The Morgan fingerprint density at radius 3 is 2.77 bits per heavy atom. The molecule has 1 aliphatic heterocycles. The lowest BCUT2D eigenvalue weighted by Crippen LogP contribution is -2.50.